The van der Waals surface area contributed by atoms with Gasteiger partial charge in [-0.15, -0.1) is 11.3 Å². The number of hydrogen-bond donors (Lipinski definition) is 0. The molecule has 3 aromatic rings. The fourth-order valence-corrected chi connectivity index (χ4v) is 3.92. The maximum absolute atomic E-state index is 12.8. The molecule has 0 aliphatic carbocycles. The predicted molar refractivity (Wildman–Crippen MR) is 103 cm³/mol. The number of alkyl halides is 3. The van der Waals surface area contributed by atoms with Crippen LogP contribution in [-0.2, 0) is 11.0 Å². The molecule has 1 aliphatic heterocycles. The van der Waals surface area contributed by atoms with Crippen molar-refractivity contribution >= 4 is 33.3 Å². The molecule has 1 fully saturated rings. The molecule has 0 atom stereocenters. The summed E-state index contributed by atoms with van der Waals surface area (Å²) in [5.41, 5.74) is -0.805. The zero-order valence-corrected chi connectivity index (χ0v) is 16.0. The quantitative estimate of drug-likeness (QED) is 0.645. The van der Waals surface area contributed by atoms with Crippen LogP contribution in [0.25, 0.3) is 10.2 Å². The second kappa shape index (κ2) is 7.86. The van der Waals surface area contributed by atoms with E-state index in [2.05, 4.69) is 14.9 Å². The Bertz CT molecular complexity index is 1020. The molecule has 1 saturated heterocycles. The number of carbonyl (C=O) groups is 1. The van der Waals surface area contributed by atoms with E-state index in [9.17, 15) is 18.0 Å². The molecule has 0 N–H and O–H groups in total. The lowest BCUT2D eigenvalue weighted by atomic mass is 10.2. The smallest absolute Gasteiger partial charge is 0.416 e. The maximum Gasteiger partial charge on any atom is 0.416 e. The van der Waals surface area contributed by atoms with Gasteiger partial charge in [-0.2, -0.15) is 13.2 Å². The van der Waals surface area contributed by atoms with Gasteiger partial charge >= 0.3 is 6.18 Å². The van der Waals surface area contributed by atoms with Crippen molar-refractivity contribution in [2.45, 2.75) is 6.18 Å². The van der Waals surface area contributed by atoms with E-state index < -0.39 is 11.7 Å². The van der Waals surface area contributed by atoms with Gasteiger partial charge in [-0.3, -0.25) is 4.79 Å². The van der Waals surface area contributed by atoms with Crippen molar-refractivity contribution in [3.8, 4) is 5.75 Å². The first kappa shape index (κ1) is 19.4. The molecular formula is C19H17F3N4O2S. The first-order valence-corrected chi connectivity index (χ1v) is 9.81. The first-order valence-electron chi connectivity index (χ1n) is 8.93. The van der Waals surface area contributed by atoms with Crippen LogP contribution < -0.4 is 9.64 Å². The number of piperazine rings is 1. The Hall–Kier alpha value is -2.88. The Morgan fingerprint density at radius 2 is 1.93 bits per heavy atom. The molecule has 3 heterocycles. The Morgan fingerprint density at radius 1 is 1.14 bits per heavy atom. The molecule has 2 aromatic heterocycles. The number of hydrogen-bond acceptors (Lipinski definition) is 6. The Kier molecular flexibility index (Phi) is 5.27. The van der Waals surface area contributed by atoms with Crippen molar-refractivity contribution in [3.63, 3.8) is 0 Å². The molecule has 0 saturated carbocycles. The third-order valence-corrected chi connectivity index (χ3v) is 5.52. The number of thiophene rings is 1. The van der Waals surface area contributed by atoms with Crippen LogP contribution in [0.5, 0.6) is 5.75 Å². The van der Waals surface area contributed by atoms with Crippen molar-refractivity contribution < 1.29 is 22.7 Å². The fraction of sp³-hybridized carbons (Fsp3) is 0.316. The maximum atomic E-state index is 12.8. The molecule has 0 bridgehead atoms. The van der Waals surface area contributed by atoms with Gasteiger partial charge in [-0.1, -0.05) is 6.07 Å². The monoisotopic (exact) mass is 422 g/mol. The van der Waals surface area contributed by atoms with E-state index in [0.29, 0.717) is 26.2 Å². The molecule has 1 aliphatic rings. The summed E-state index contributed by atoms with van der Waals surface area (Å²) in [5, 5.41) is 2.96. The molecule has 1 amide bonds. The molecule has 6 nitrogen and oxygen atoms in total. The van der Waals surface area contributed by atoms with Crippen molar-refractivity contribution in [2.24, 2.45) is 0 Å². The van der Waals surface area contributed by atoms with Crippen LogP contribution in [0.4, 0.5) is 19.0 Å². The fourth-order valence-electron chi connectivity index (χ4n) is 3.20. The van der Waals surface area contributed by atoms with Gasteiger partial charge in [0, 0.05) is 26.2 Å². The van der Waals surface area contributed by atoms with E-state index in [4.69, 9.17) is 4.74 Å². The SMILES string of the molecule is O=C(COc1cccc(C(F)(F)F)c1)N1CCN(c2ncnc3sccc23)CC1. The van der Waals surface area contributed by atoms with Crippen LogP contribution in [0, 0.1) is 0 Å². The zero-order valence-electron chi connectivity index (χ0n) is 15.2. The first-order chi connectivity index (χ1) is 13.9. The van der Waals surface area contributed by atoms with Gasteiger partial charge in [-0.05, 0) is 29.6 Å². The summed E-state index contributed by atoms with van der Waals surface area (Å²) in [6.07, 6.45) is -2.91. The summed E-state index contributed by atoms with van der Waals surface area (Å²) < 4.78 is 43.6. The van der Waals surface area contributed by atoms with Crippen molar-refractivity contribution in [2.75, 3.05) is 37.7 Å². The highest BCUT2D eigenvalue weighted by molar-refractivity contribution is 7.16. The normalized spacial score (nSPS) is 15.0. The lowest BCUT2D eigenvalue weighted by molar-refractivity contribution is -0.137. The number of halogens is 3. The Labute approximate surface area is 168 Å². The summed E-state index contributed by atoms with van der Waals surface area (Å²) in [6.45, 7) is 1.89. The van der Waals surface area contributed by atoms with E-state index in [0.717, 1.165) is 28.2 Å². The van der Waals surface area contributed by atoms with E-state index in [1.807, 2.05) is 11.4 Å². The topological polar surface area (TPSA) is 58.6 Å². The molecule has 152 valence electrons. The second-order valence-electron chi connectivity index (χ2n) is 6.52. The molecule has 0 radical (unpaired) electrons. The van der Waals surface area contributed by atoms with Gasteiger partial charge in [0.2, 0.25) is 0 Å². The molecule has 0 unspecified atom stereocenters. The number of fused-ring (bicyclic) bond motifs is 1. The van der Waals surface area contributed by atoms with Crippen LogP contribution in [0.15, 0.2) is 42.0 Å². The summed E-state index contributed by atoms with van der Waals surface area (Å²) in [7, 11) is 0. The second-order valence-corrected chi connectivity index (χ2v) is 7.41. The Balaban J connectivity index is 1.33. The van der Waals surface area contributed by atoms with Gasteiger partial charge < -0.3 is 14.5 Å². The number of ether oxygens (including phenoxy) is 1. The lowest BCUT2D eigenvalue weighted by Gasteiger charge is -2.35. The molecule has 0 spiro atoms. The summed E-state index contributed by atoms with van der Waals surface area (Å²) >= 11 is 1.55. The minimum atomic E-state index is -4.45. The van der Waals surface area contributed by atoms with Crippen LogP contribution >= 0.6 is 11.3 Å². The third kappa shape index (κ3) is 4.26. The molecular weight excluding hydrogens is 405 g/mol. The number of carbonyl (C=O) groups excluding carboxylic acids is 1. The van der Waals surface area contributed by atoms with E-state index in [-0.39, 0.29) is 18.3 Å². The number of amides is 1. The van der Waals surface area contributed by atoms with E-state index >= 15 is 0 Å². The molecule has 4 rings (SSSR count). The number of nitrogens with zero attached hydrogens (tertiary/aromatic N) is 4. The minimum Gasteiger partial charge on any atom is -0.484 e. The highest BCUT2D eigenvalue weighted by Gasteiger charge is 2.30. The minimum absolute atomic E-state index is 0.0210. The van der Waals surface area contributed by atoms with Crippen LogP contribution in [0.2, 0.25) is 0 Å². The largest absolute Gasteiger partial charge is 0.484 e. The molecule has 29 heavy (non-hydrogen) atoms. The summed E-state index contributed by atoms with van der Waals surface area (Å²) in [6, 6.07) is 6.50. The van der Waals surface area contributed by atoms with Gasteiger partial charge in [0.05, 0.1) is 10.9 Å². The Morgan fingerprint density at radius 3 is 2.69 bits per heavy atom. The number of anilines is 1. The lowest BCUT2D eigenvalue weighted by Crippen LogP contribution is -2.50. The zero-order chi connectivity index (χ0) is 20.4. The molecule has 10 heteroatoms. The van der Waals surface area contributed by atoms with E-state index in [1.54, 1.807) is 16.2 Å². The molecule has 1 aromatic carbocycles. The number of rotatable bonds is 4. The number of aromatic nitrogens is 2. The summed E-state index contributed by atoms with van der Waals surface area (Å²) in [5.74, 6) is 0.613. The third-order valence-electron chi connectivity index (χ3n) is 4.70. The average Bonchev–Trinajstić information content (AvgIpc) is 3.21. The van der Waals surface area contributed by atoms with Gasteiger partial charge in [0.1, 0.15) is 22.7 Å². The number of benzene rings is 1. The van der Waals surface area contributed by atoms with Crippen LogP contribution in [-0.4, -0.2) is 53.6 Å². The van der Waals surface area contributed by atoms with Gasteiger partial charge in [0.15, 0.2) is 6.61 Å². The van der Waals surface area contributed by atoms with Crippen molar-refractivity contribution in [3.05, 3.63) is 47.6 Å². The van der Waals surface area contributed by atoms with Crippen molar-refractivity contribution in [1.29, 1.82) is 0 Å². The summed E-state index contributed by atoms with van der Waals surface area (Å²) in [4.78, 5) is 25.7. The predicted octanol–water partition coefficient (Wildman–Crippen LogP) is 3.44. The van der Waals surface area contributed by atoms with Crippen LogP contribution in [0.3, 0.4) is 0 Å². The van der Waals surface area contributed by atoms with Gasteiger partial charge in [-0.25, -0.2) is 9.97 Å². The van der Waals surface area contributed by atoms with Crippen LogP contribution in [0.1, 0.15) is 5.56 Å². The highest BCUT2D eigenvalue weighted by Crippen LogP contribution is 2.31. The van der Waals surface area contributed by atoms with Gasteiger partial charge in [0.25, 0.3) is 5.91 Å². The average molecular weight is 422 g/mol. The standard InChI is InChI=1S/C19H17F3N4O2S/c20-19(21,22)13-2-1-3-14(10-13)28-11-16(27)25-5-7-26(8-6-25)17-15-4-9-29-18(15)24-12-23-17/h1-4,9-10,12H,5-8,11H2. The highest BCUT2D eigenvalue weighted by atomic mass is 32.1. The van der Waals surface area contributed by atoms with E-state index in [1.165, 1.54) is 18.5 Å². The van der Waals surface area contributed by atoms with Crippen molar-refractivity contribution in [1.82, 2.24) is 14.9 Å².